The smallest absolute Gasteiger partial charge is 0.416 e. The lowest BCUT2D eigenvalue weighted by Gasteiger charge is -2.18. The molecule has 1 aliphatic rings. The zero-order chi connectivity index (χ0) is 31.4. The van der Waals surface area contributed by atoms with Crippen molar-refractivity contribution in [2.24, 2.45) is 0 Å². The number of hydrogen-bond acceptors (Lipinski definition) is 6. The molecule has 0 saturated carbocycles. The second-order valence-electron chi connectivity index (χ2n) is 10.3. The number of halogens is 4. The van der Waals surface area contributed by atoms with Crippen molar-refractivity contribution >= 4 is 40.6 Å². The number of fused-ring (bicyclic) bond motifs is 3. The molecule has 2 amide bonds. The average molecular weight is 625 g/mol. The number of imidazole rings is 1. The second-order valence-corrected chi connectivity index (χ2v) is 10.7. The average Bonchev–Trinajstić information content (AvgIpc) is 3.37. The normalized spacial score (nSPS) is 14.5. The van der Waals surface area contributed by atoms with Crippen molar-refractivity contribution < 1.29 is 27.5 Å². The number of aromatic nitrogens is 3. The third-order valence-electron chi connectivity index (χ3n) is 7.01. The Labute approximate surface area is 256 Å². The van der Waals surface area contributed by atoms with Gasteiger partial charge < -0.3 is 20.3 Å². The molecular formula is C31H28ClF3N6O3. The first-order valence-corrected chi connectivity index (χ1v) is 14.2. The molecule has 0 aliphatic carbocycles. The van der Waals surface area contributed by atoms with Gasteiger partial charge in [-0.3, -0.25) is 9.59 Å². The van der Waals surface area contributed by atoms with E-state index in [-0.39, 0.29) is 28.8 Å². The van der Waals surface area contributed by atoms with Crippen LogP contribution >= 0.6 is 11.6 Å². The summed E-state index contributed by atoms with van der Waals surface area (Å²) in [5.41, 5.74) is 1.10. The highest BCUT2D eigenvalue weighted by atomic mass is 35.5. The van der Waals surface area contributed by atoms with Crippen molar-refractivity contribution in [3.05, 3.63) is 81.6 Å². The molecule has 2 N–H and O–H groups in total. The summed E-state index contributed by atoms with van der Waals surface area (Å²) in [4.78, 5) is 32.0. The molecule has 4 bridgehead atoms. The summed E-state index contributed by atoms with van der Waals surface area (Å²) in [6, 6.07) is 9.69. The molecule has 2 aromatic carbocycles. The summed E-state index contributed by atoms with van der Waals surface area (Å²) in [6.45, 7) is 2.96. The molecule has 0 saturated heterocycles. The molecule has 0 atom stereocenters. The second kappa shape index (κ2) is 12.9. The zero-order valence-corrected chi connectivity index (χ0v) is 24.6. The number of likely N-dealkylation sites (N-methyl/N-ethyl adjacent to an activating group) is 1. The fourth-order valence-corrected chi connectivity index (χ4v) is 4.82. The van der Waals surface area contributed by atoms with E-state index >= 15 is 0 Å². The van der Waals surface area contributed by atoms with Gasteiger partial charge in [-0.15, -0.1) is 5.10 Å². The first-order chi connectivity index (χ1) is 21.0. The Bertz CT molecular complexity index is 1790. The van der Waals surface area contributed by atoms with Crippen LogP contribution in [-0.4, -0.2) is 53.2 Å². The maximum atomic E-state index is 13.4. The summed E-state index contributed by atoms with van der Waals surface area (Å²) >= 11 is 5.91. The van der Waals surface area contributed by atoms with Gasteiger partial charge in [0, 0.05) is 48.4 Å². The van der Waals surface area contributed by atoms with Crippen LogP contribution in [0.5, 0.6) is 5.75 Å². The van der Waals surface area contributed by atoms with Crippen LogP contribution in [0.3, 0.4) is 0 Å². The highest BCUT2D eigenvalue weighted by Gasteiger charge is 2.31. The predicted molar refractivity (Wildman–Crippen MR) is 160 cm³/mol. The van der Waals surface area contributed by atoms with Crippen LogP contribution in [0, 0.1) is 18.8 Å². The van der Waals surface area contributed by atoms with Gasteiger partial charge in [-0.05, 0) is 73.7 Å². The van der Waals surface area contributed by atoms with E-state index in [1.54, 1.807) is 23.7 Å². The van der Waals surface area contributed by atoms with Crippen molar-refractivity contribution in [1.82, 2.24) is 19.9 Å². The quantitative estimate of drug-likeness (QED) is 0.287. The Balaban J connectivity index is 1.53. The number of nitrogens with zero attached hydrogens (tertiary/aromatic N) is 4. The first-order valence-electron chi connectivity index (χ1n) is 13.8. The molecule has 0 fully saturated rings. The van der Waals surface area contributed by atoms with Crippen LogP contribution in [0.4, 0.5) is 24.7 Å². The third kappa shape index (κ3) is 7.23. The van der Waals surface area contributed by atoms with Gasteiger partial charge in [0.2, 0.25) is 5.91 Å². The lowest BCUT2D eigenvalue weighted by atomic mass is 10.0. The number of carbonyl (C=O) groups excluding carboxylic acids is 2. The molecule has 4 aromatic rings. The number of ether oxygens (including phenoxy) is 1. The van der Waals surface area contributed by atoms with E-state index in [1.807, 2.05) is 24.1 Å². The number of rotatable bonds is 2. The van der Waals surface area contributed by atoms with Gasteiger partial charge in [0.15, 0.2) is 5.65 Å². The minimum absolute atomic E-state index is 0.0729. The fraction of sp³-hybridized carbons (Fsp3) is 0.290. The Morgan fingerprint density at radius 2 is 1.95 bits per heavy atom. The Kier molecular flexibility index (Phi) is 8.96. The number of benzene rings is 2. The van der Waals surface area contributed by atoms with Crippen LogP contribution in [0.2, 0.25) is 5.02 Å². The number of anilines is 2. The number of carbonyl (C=O) groups is 2. The van der Waals surface area contributed by atoms with E-state index in [0.29, 0.717) is 66.4 Å². The van der Waals surface area contributed by atoms with Crippen molar-refractivity contribution in [1.29, 1.82) is 0 Å². The molecule has 44 heavy (non-hydrogen) atoms. The minimum atomic E-state index is -4.64. The predicted octanol–water partition coefficient (Wildman–Crippen LogP) is 5.48. The SMILES string of the molecule is Cc1c2cc(cc1C(=O)Nc1cc(Cl)cc(C(F)(F)F)c1)OCCCCC(=O)NCCN(C)c1ccc3ncc(n3n1)C#C2. The molecule has 0 unspecified atom stereocenters. The summed E-state index contributed by atoms with van der Waals surface area (Å²) in [5, 5.41) is 9.91. The van der Waals surface area contributed by atoms with Crippen molar-refractivity contribution in [2.75, 3.05) is 37.0 Å². The Hall–Kier alpha value is -4.76. The van der Waals surface area contributed by atoms with E-state index in [0.717, 1.165) is 12.1 Å². The maximum absolute atomic E-state index is 13.4. The van der Waals surface area contributed by atoms with Crippen LogP contribution in [0.1, 0.15) is 52.0 Å². The molecule has 9 nitrogen and oxygen atoms in total. The van der Waals surface area contributed by atoms with Crippen LogP contribution in [0.15, 0.2) is 48.7 Å². The van der Waals surface area contributed by atoms with Crippen LogP contribution < -0.4 is 20.3 Å². The van der Waals surface area contributed by atoms with Gasteiger partial charge in [-0.25, -0.2) is 9.50 Å². The van der Waals surface area contributed by atoms with Gasteiger partial charge >= 0.3 is 6.18 Å². The lowest BCUT2D eigenvalue weighted by molar-refractivity contribution is -0.137. The summed E-state index contributed by atoms with van der Waals surface area (Å²) < 4.78 is 47.6. The minimum Gasteiger partial charge on any atom is -0.494 e. The standard InChI is InChI=1S/C31H28ClF3N6O3/c1-19-20-6-7-24-18-37-27-8-9-28(39-41(24)27)40(2)11-10-36-29(42)5-3-4-12-44-25(13-20)17-26(19)30(43)38-23-15-21(31(33,34)35)14-22(32)16-23/h8-9,13-18H,3-5,10-12H2,1-2H3,(H,36,42)(H,38,43). The fourth-order valence-electron chi connectivity index (χ4n) is 4.59. The molecule has 0 radical (unpaired) electrons. The summed E-state index contributed by atoms with van der Waals surface area (Å²) in [6.07, 6.45) is -1.56. The molecule has 1 aliphatic heterocycles. The number of alkyl halides is 3. The van der Waals surface area contributed by atoms with Crippen molar-refractivity contribution in [3.8, 4) is 17.6 Å². The third-order valence-corrected chi connectivity index (χ3v) is 7.23. The summed E-state index contributed by atoms with van der Waals surface area (Å²) in [5.74, 6) is 6.43. The van der Waals surface area contributed by atoms with E-state index in [2.05, 4.69) is 32.6 Å². The van der Waals surface area contributed by atoms with Gasteiger partial charge in [0.05, 0.1) is 18.4 Å². The molecule has 2 aromatic heterocycles. The Morgan fingerprint density at radius 1 is 1.14 bits per heavy atom. The van der Waals surface area contributed by atoms with Gasteiger partial charge in [-0.1, -0.05) is 17.5 Å². The van der Waals surface area contributed by atoms with Crippen molar-refractivity contribution in [2.45, 2.75) is 32.4 Å². The van der Waals surface area contributed by atoms with Crippen LogP contribution in [-0.2, 0) is 11.0 Å². The molecule has 5 rings (SSSR count). The van der Waals surface area contributed by atoms with E-state index in [9.17, 15) is 22.8 Å². The first kappa shape index (κ1) is 30.7. The molecule has 13 heteroatoms. The van der Waals surface area contributed by atoms with Gasteiger partial charge in [-0.2, -0.15) is 13.2 Å². The van der Waals surface area contributed by atoms with Gasteiger partial charge in [0.1, 0.15) is 17.3 Å². The molecule has 228 valence electrons. The number of amides is 2. The molecule has 3 heterocycles. The number of nitrogens with one attached hydrogen (secondary N) is 2. The van der Waals surface area contributed by atoms with E-state index < -0.39 is 17.6 Å². The topological polar surface area (TPSA) is 101 Å². The van der Waals surface area contributed by atoms with Crippen molar-refractivity contribution in [3.63, 3.8) is 0 Å². The van der Waals surface area contributed by atoms with Gasteiger partial charge in [0.25, 0.3) is 5.91 Å². The Morgan fingerprint density at radius 3 is 2.75 bits per heavy atom. The molecule has 0 spiro atoms. The maximum Gasteiger partial charge on any atom is 0.416 e. The lowest BCUT2D eigenvalue weighted by Crippen LogP contribution is -2.33. The molecular weight excluding hydrogens is 597 g/mol. The summed E-state index contributed by atoms with van der Waals surface area (Å²) in [7, 11) is 1.87. The largest absolute Gasteiger partial charge is 0.494 e. The number of hydrogen-bond donors (Lipinski definition) is 2. The highest BCUT2D eigenvalue weighted by molar-refractivity contribution is 6.31. The zero-order valence-electron chi connectivity index (χ0n) is 23.9. The highest BCUT2D eigenvalue weighted by Crippen LogP contribution is 2.33. The van der Waals surface area contributed by atoms with Crippen LogP contribution in [0.25, 0.3) is 5.65 Å². The monoisotopic (exact) mass is 624 g/mol. The van der Waals surface area contributed by atoms with E-state index in [4.69, 9.17) is 16.3 Å². The van der Waals surface area contributed by atoms with E-state index in [1.165, 1.54) is 12.1 Å².